The number of pyridine rings is 2. The molecule has 0 bridgehead atoms. The van der Waals surface area contributed by atoms with Crippen molar-refractivity contribution in [3.05, 3.63) is 53.8 Å². The summed E-state index contributed by atoms with van der Waals surface area (Å²) in [6, 6.07) is 11.4. The van der Waals surface area contributed by atoms with E-state index in [4.69, 9.17) is 21.1 Å². The summed E-state index contributed by atoms with van der Waals surface area (Å²) in [7, 11) is 1.23. The highest BCUT2D eigenvalue weighted by molar-refractivity contribution is 6.33. The van der Waals surface area contributed by atoms with Crippen LogP contribution in [-0.2, 0) is 9.47 Å². The van der Waals surface area contributed by atoms with E-state index in [0.29, 0.717) is 22.2 Å². The minimum Gasteiger partial charge on any atom is -0.437 e. The molecule has 0 aliphatic carbocycles. The summed E-state index contributed by atoms with van der Waals surface area (Å²) in [5.74, 6) is 0.871. The van der Waals surface area contributed by atoms with E-state index in [9.17, 15) is 4.79 Å². The molecule has 0 atom stereocenters. The number of aromatic nitrogens is 4. The van der Waals surface area contributed by atoms with E-state index in [2.05, 4.69) is 41.7 Å². The first-order valence-corrected chi connectivity index (χ1v) is 10.7. The number of ether oxygens (including phenoxy) is 3. The minimum atomic E-state index is -0.838. The Morgan fingerprint density at radius 1 is 1.12 bits per heavy atom. The van der Waals surface area contributed by atoms with Gasteiger partial charge in [0.05, 0.1) is 48.3 Å². The number of halogens is 1. The van der Waals surface area contributed by atoms with Crippen LogP contribution in [0.25, 0.3) is 33.8 Å². The lowest BCUT2D eigenvalue weighted by molar-refractivity contribution is 0.121. The molecule has 168 valence electrons. The topological polar surface area (TPSA) is 102 Å². The Labute approximate surface area is 194 Å². The van der Waals surface area contributed by atoms with Gasteiger partial charge in [-0.05, 0) is 30.3 Å². The van der Waals surface area contributed by atoms with Crippen molar-refractivity contribution in [1.29, 1.82) is 0 Å². The van der Waals surface area contributed by atoms with Crippen LogP contribution in [-0.4, -0.2) is 59.5 Å². The zero-order chi connectivity index (χ0) is 22.8. The largest absolute Gasteiger partial charge is 0.513 e. The summed E-state index contributed by atoms with van der Waals surface area (Å²) < 4.78 is 14.8. The van der Waals surface area contributed by atoms with Crippen LogP contribution in [0.2, 0.25) is 5.02 Å². The Morgan fingerprint density at radius 3 is 2.70 bits per heavy atom. The third kappa shape index (κ3) is 4.46. The number of hydrogen-bond donors (Lipinski definition) is 1. The number of anilines is 1. The van der Waals surface area contributed by atoms with Crippen LogP contribution in [0, 0.1) is 0 Å². The van der Waals surface area contributed by atoms with E-state index < -0.39 is 6.16 Å². The lowest BCUT2D eigenvalue weighted by atomic mass is 10.1. The van der Waals surface area contributed by atoms with Gasteiger partial charge in [-0.3, -0.25) is 9.97 Å². The fourth-order valence-electron chi connectivity index (χ4n) is 3.64. The highest BCUT2D eigenvalue weighted by Gasteiger charge is 2.15. The summed E-state index contributed by atoms with van der Waals surface area (Å²) in [6.45, 7) is 3.23. The van der Waals surface area contributed by atoms with E-state index in [-0.39, 0.29) is 5.75 Å². The second kappa shape index (κ2) is 9.05. The molecule has 4 aromatic rings. The lowest BCUT2D eigenvalue weighted by Gasteiger charge is -2.28. The molecular formula is C23H20ClN5O4. The van der Waals surface area contributed by atoms with Crippen molar-refractivity contribution >= 4 is 34.5 Å². The number of benzene rings is 1. The first-order valence-electron chi connectivity index (χ1n) is 10.3. The zero-order valence-electron chi connectivity index (χ0n) is 17.7. The molecule has 4 heterocycles. The van der Waals surface area contributed by atoms with E-state index in [0.717, 1.165) is 48.6 Å². The van der Waals surface area contributed by atoms with Crippen molar-refractivity contribution in [3.63, 3.8) is 0 Å². The number of hydrogen-bond acceptors (Lipinski definition) is 8. The molecule has 33 heavy (non-hydrogen) atoms. The van der Waals surface area contributed by atoms with Crippen LogP contribution < -0.4 is 9.64 Å². The molecule has 1 fully saturated rings. The zero-order valence-corrected chi connectivity index (χ0v) is 18.5. The molecule has 0 radical (unpaired) electrons. The summed E-state index contributed by atoms with van der Waals surface area (Å²) in [4.78, 5) is 30.4. The number of imidazole rings is 1. The normalized spacial score (nSPS) is 13.8. The van der Waals surface area contributed by atoms with Crippen LogP contribution in [0.1, 0.15) is 0 Å². The molecule has 1 aliphatic heterocycles. The average molecular weight is 466 g/mol. The SMILES string of the molecule is COC(=O)Oc1cnc(-c2ccc(-c3nc4ccc(N5CCOCC5)cc4[nH]3)nc2)c(Cl)c1. The number of methoxy groups -OCH3 is 1. The second-order valence-electron chi connectivity index (χ2n) is 7.38. The van der Waals surface area contributed by atoms with Gasteiger partial charge in [0.2, 0.25) is 0 Å². The molecule has 1 saturated heterocycles. The van der Waals surface area contributed by atoms with Gasteiger partial charge >= 0.3 is 6.16 Å². The molecule has 0 amide bonds. The van der Waals surface area contributed by atoms with Gasteiger partial charge in [-0.25, -0.2) is 9.78 Å². The number of morpholine rings is 1. The Kier molecular flexibility index (Phi) is 5.80. The fraction of sp³-hybridized carbons (Fsp3) is 0.217. The standard InChI is InChI=1S/C23H20ClN5O4/c1-31-23(30)33-16-11-17(24)21(26-13-16)14-2-4-19(25-12-14)22-27-18-5-3-15(10-20(18)28-22)29-6-8-32-9-7-29/h2-5,10-13H,6-9H2,1H3,(H,27,28). The first kappa shape index (κ1) is 21.2. The van der Waals surface area contributed by atoms with Crippen molar-refractivity contribution in [2.75, 3.05) is 38.3 Å². The van der Waals surface area contributed by atoms with Crippen LogP contribution >= 0.6 is 11.6 Å². The second-order valence-corrected chi connectivity index (χ2v) is 7.78. The maximum Gasteiger partial charge on any atom is 0.513 e. The van der Waals surface area contributed by atoms with Gasteiger partial charge in [0, 0.05) is 36.6 Å². The van der Waals surface area contributed by atoms with Crippen molar-refractivity contribution in [1.82, 2.24) is 19.9 Å². The smallest absolute Gasteiger partial charge is 0.437 e. The maximum atomic E-state index is 11.2. The summed E-state index contributed by atoms with van der Waals surface area (Å²) in [5, 5.41) is 0.324. The van der Waals surface area contributed by atoms with E-state index in [1.807, 2.05) is 18.2 Å². The number of H-pyrrole nitrogens is 1. The molecule has 1 aliphatic rings. The average Bonchev–Trinajstić information content (AvgIpc) is 3.28. The van der Waals surface area contributed by atoms with Gasteiger partial charge in [0.1, 0.15) is 5.69 Å². The van der Waals surface area contributed by atoms with Gasteiger partial charge in [0.15, 0.2) is 11.6 Å². The number of carbonyl (C=O) groups is 1. The Balaban J connectivity index is 1.37. The number of rotatable bonds is 4. The molecule has 0 spiro atoms. The molecule has 3 aromatic heterocycles. The van der Waals surface area contributed by atoms with Gasteiger partial charge in [-0.15, -0.1) is 0 Å². The number of fused-ring (bicyclic) bond motifs is 1. The van der Waals surface area contributed by atoms with Gasteiger partial charge < -0.3 is 24.1 Å². The van der Waals surface area contributed by atoms with E-state index in [1.54, 1.807) is 6.20 Å². The summed E-state index contributed by atoms with van der Waals surface area (Å²) >= 11 is 6.33. The number of nitrogens with zero attached hydrogens (tertiary/aromatic N) is 4. The molecule has 0 unspecified atom stereocenters. The number of nitrogens with one attached hydrogen (secondary N) is 1. The predicted molar refractivity (Wildman–Crippen MR) is 124 cm³/mol. The summed E-state index contributed by atoms with van der Waals surface area (Å²) in [5.41, 5.74) is 4.91. The third-order valence-corrected chi connectivity index (χ3v) is 5.59. The number of aromatic amines is 1. The number of carbonyl (C=O) groups excluding carboxylic acids is 1. The summed E-state index contributed by atoms with van der Waals surface area (Å²) in [6.07, 6.45) is 2.24. The minimum absolute atomic E-state index is 0.193. The molecule has 0 saturated carbocycles. The van der Waals surface area contributed by atoms with Crippen LogP contribution in [0.3, 0.4) is 0 Å². The van der Waals surface area contributed by atoms with Crippen LogP contribution in [0.4, 0.5) is 10.5 Å². The fourth-order valence-corrected chi connectivity index (χ4v) is 3.90. The van der Waals surface area contributed by atoms with Gasteiger partial charge in [0.25, 0.3) is 0 Å². The lowest BCUT2D eigenvalue weighted by Crippen LogP contribution is -2.36. The molecular weight excluding hydrogens is 446 g/mol. The predicted octanol–water partition coefficient (Wildman–Crippen LogP) is 4.32. The third-order valence-electron chi connectivity index (χ3n) is 5.31. The Bertz CT molecular complexity index is 1300. The monoisotopic (exact) mass is 465 g/mol. The maximum absolute atomic E-state index is 11.2. The van der Waals surface area contributed by atoms with Crippen molar-refractivity contribution in [2.24, 2.45) is 0 Å². The van der Waals surface area contributed by atoms with E-state index >= 15 is 0 Å². The highest BCUT2D eigenvalue weighted by atomic mass is 35.5. The van der Waals surface area contributed by atoms with Gasteiger partial charge in [-0.1, -0.05) is 11.6 Å². The molecule has 10 heteroatoms. The van der Waals surface area contributed by atoms with Crippen LogP contribution in [0.5, 0.6) is 5.75 Å². The molecule has 1 aromatic carbocycles. The van der Waals surface area contributed by atoms with Crippen molar-refractivity contribution in [2.45, 2.75) is 0 Å². The van der Waals surface area contributed by atoms with Gasteiger partial charge in [-0.2, -0.15) is 0 Å². The Hall–Kier alpha value is -3.69. The van der Waals surface area contributed by atoms with Crippen molar-refractivity contribution in [3.8, 4) is 28.5 Å². The first-order chi connectivity index (χ1) is 16.1. The van der Waals surface area contributed by atoms with Crippen LogP contribution in [0.15, 0.2) is 48.8 Å². The molecule has 5 rings (SSSR count). The van der Waals surface area contributed by atoms with E-state index in [1.165, 1.54) is 19.4 Å². The molecule has 9 nitrogen and oxygen atoms in total. The Morgan fingerprint density at radius 2 is 1.97 bits per heavy atom. The quantitative estimate of drug-likeness (QED) is 0.444. The highest BCUT2D eigenvalue weighted by Crippen LogP contribution is 2.30. The molecule has 1 N–H and O–H groups in total. The van der Waals surface area contributed by atoms with Crippen molar-refractivity contribution < 1.29 is 19.0 Å².